The lowest BCUT2D eigenvalue weighted by Gasteiger charge is -2.31. The van der Waals surface area contributed by atoms with E-state index in [0.717, 1.165) is 37.1 Å². The standard InChI is InChI=1S/C24H19BrF3N3O5S/c1-35-17-7-6-12(8-16(17)25)19-15(10-29)22(31-21(33)20(19)23(34)36-2)37-11-18(32)30-14-5-3-4-13(9-14)24(26,27)28/h3-9,19-20H,11H2,1-2H3,(H,30,32)(H,31,33)/t19-,20-/m0/s1. The molecule has 0 aromatic heterocycles. The number of alkyl halides is 3. The normalized spacial score (nSPS) is 17.5. The van der Waals surface area contributed by atoms with Crippen LogP contribution in [-0.4, -0.2) is 37.8 Å². The van der Waals surface area contributed by atoms with E-state index >= 15 is 0 Å². The Morgan fingerprint density at radius 3 is 2.54 bits per heavy atom. The molecule has 1 heterocycles. The monoisotopic (exact) mass is 597 g/mol. The molecule has 1 aliphatic rings. The molecular weight excluding hydrogens is 579 g/mol. The number of hydrogen-bond acceptors (Lipinski definition) is 7. The number of carbonyl (C=O) groups is 3. The largest absolute Gasteiger partial charge is 0.496 e. The van der Waals surface area contributed by atoms with E-state index in [1.54, 1.807) is 18.2 Å². The predicted molar refractivity (Wildman–Crippen MR) is 132 cm³/mol. The number of rotatable bonds is 7. The average Bonchev–Trinajstić information content (AvgIpc) is 2.86. The third-order valence-electron chi connectivity index (χ3n) is 5.34. The van der Waals surface area contributed by atoms with Crippen molar-refractivity contribution in [2.75, 3.05) is 25.3 Å². The Balaban J connectivity index is 1.89. The smallest absolute Gasteiger partial charge is 0.416 e. The van der Waals surface area contributed by atoms with Crippen LogP contribution in [0.2, 0.25) is 0 Å². The van der Waals surface area contributed by atoms with Crippen molar-refractivity contribution in [3.05, 3.63) is 68.7 Å². The van der Waals surface area contributed by atoms with Crippen LogP contribution in [0.5, 0.6) is 5.75 Å². The number of thioether (sulfide) groups is 1. The molecule has 0 saturated heterocycles. The van der Waals surface area contributed by atoms with E-state index in [-0.39, 0.29) is 22.0 Å². The molecule has 13 heteroatoms. The number of halogens is 4. The molecule has 0 bridgehead atoms. The second-order valence-corrected chi connectivity index (χ2v) is 9.47. The number of nitriles is 1. The maximum absolute atomic E-state index is 12.9. The van der Waals surface area contributed by atoms with Gasteiger partial charge >= 0.3 is 12.1 Å². The van der Waals surface area contributed by atoms with Crippen LogP contribution >= 0.6 is 27.7 Å². The minimum Gasteiger partial charge on any atom is -0.496 e. The molecule has 0 unspecified atom stereocenters. The molecule has 2 N–H and O–H groups in total. The maximum Gasteiger partial charge on any atom is 0.416 e. The number of esters is 1. The fourth-order valence-corrected chi connectivity index (χ4v) is 5.07. The lowest BCUT2D eigenvalue weighted by Crippen LogP contribution is -2.44. The first-order valence-electron chi connectivity index (χ1n) is 10.5. The fourth-order valence-electron chi connectivity index (χ4n) is 3.66. The topological polar surface area (TPSA) is 118 Å². The van der Waals surface area contributed by atoms with Gasteiger partial charge in [0.05, 0.1) is 46.7 Å². The number of methoxy groups -OCH3 is 2. The number of nitrogens with one attached hydrogen (secondary N) is 2. The van der Waals surface area contributed by atoms with Crippen molar-refractivity contribution in [1.82, 2.24) is 5.32 Å². The highest BCUT2D eigenvalue weighted by Crippen LogP contribution is 2.42. The molecule has 0 spiro atoms. The molecule has 2 amide bonds. The third-order valence-corrected chi connectivity index (χ3v) is 6.98. The number of anilines is 1. The van der Waals surface area contributed by atoms with Crippen molar-refractivity contribution >= 4 is 51.2 Å². The third kappa shape index (κ3) is 6.44. The summed E-state index contributed by atoms with van der Waals surface area (Å²) in [6.45, 7) is 0. The highest BCUT2D eigenvalue weighted by molar-refractivity contribution is 9.10. The number of benzene rings is 2. The fraction of sp³-hybridized carbons (Fsp3) is 0.250. The summed E-state index contributed by atoms with van der Waals surface area (Å²) >= 11 is 4.15. The summed E-state index contributed by atoms with van der Waals surface area (Å²) in [5.74, 6) is -4.49. The van der Waals surface area contributed by atoms with Gasteiger partial charge in [0.25, 0.3) is 0 Å². The Labute approximate surface area is 222 Å². The Kier molecular flexibility index (Phi) is 8.88. The highest BCUT2D eigenvalue weighted by atomic mass is 79.9. The Morgan fingerprint density at radius 1 is 1.22 bits per heavy atom. The second kappa shape index (κ2) is 11.7. The van der Waals surface area contributed by atoms with Crippen molar-refractivity contribution in [3.63, 3.8) is 0 Å². The predicted octanol–water partition coefficient (Wildman–Crippen LogP) is 4.59. The minimum absolute atomic E-state index is 0.0175. The van der Waals surface area contributed by atoms with Gasteiger partial charge < -0.3 is 20.1 Å². The summed E-state index contributed by atoms with van der Waals surface area (Å²) in [5.41, 5.74) is -0.520. The molecule has 2 aromatic carbocycles. The summed E-state index contributed by atoms with van der Waals surface area (Å²) in [6.07, 6.45) is -4.57. The van der Waals surface area contributed by atoms with Crippen LogP contribution in [0, 0.1) is 17.2 Å². The van der Waals surface area contributed by atoms with Gasteiger partial charge in [-0.15, -0.1) is 0 Å². The van der Waals surface area contributed by atoms with E-state index in [0.29, 0.717) is 15.8 Å². The molecular formula is C24H19BrF3N3O5S. The zero-order valence-electron chi connectivity index (χ0n) is 19.3. The number of nitrogens with zero attached hydrogens (tertiary/aromatic N) is 1. The molecule has 1 aliphatic heterocycles. The molecule has 0 fully saturated rings. The Morgan fingerprint density at radius 2 is 1.95 bits per heavy atom. The molecule has 0 saturated carbocycles. The highest BCUT2D eigenvalue weighted by Gasteiger charge is 2.44. The summed E-state index contributed by atoms with van der Waals surface area (Å²) < 4.78 is 49.3. The average molecular weight is 598 g/mol. The van der Waals surface area contributed by atoms with E-state index in [2.05, 4.69) is 26.6 Å². The van der Waals surface area contributed by atoms with Gasteiger partial charge in [0.2, 0.25) is 11.8 Å². The zero-order chi connectivity index (χ0) is 27.3. The van der Waals surface area contributed by atoms with Crippen molar-refractivity contribution in [1.29, 1.82) is 5.26 Å². The maximum atomic E-state index is 12.9. The van der Waals surface area contributed by atoms with Crippen LogP contribution in [0.1, 0.15) is 17.0 Å². The van der Waals surface area contributed by atoms with Gasteiger partial charge in [0, 0.05) is 11.6 Å². The number of hydrogen-bond donors (Lipinski definition) is 2. The Bertz CT molecular complexity index is 1310. The SMILES string of the molecule is COC(=O)[C@@H]1C(=O)NC(SCC(=O)Nc2cccc(C(F)(F)F)c2)=C(C#N)[C@@H]1c1ccc(OC)c(Br)c1. The van der Waals surface area contributed by atoms with E-state index < -0.39 is 41.4 Å². The van der Waals surface area contributed by atoms with E-state index in [4.69, 9.17) is 9.47 Å². The molecule has 0 radical (unpaired) electrons. The van der Waals surface area contributed by atoms with Gasteiger partial charge in [-0.05, 0) is 51.8 Å². The minimum atomic E-state index is -4.57. The van der Waals surface area contributed by atoms with E-state index in [9.17, 15) is 32.8 Å². The van der Waals surface area contributed by atoms with Gasteiger partial charge in [0.1, 0.15) is 11.7 Å². The molecule has 8 nitrogen and oxygen atoms in total. The molecule has 37 heavy (non-hydrogen) atoms. The second-order valence-electron chi connectivity index (χ2n) is 7.63. The van der Waals surface area contributed by atoms with E-state index in [1.165, 1.54) is 13.2 Å². The summed E-state index contributed by atoms with van der Waals surface area (Å²) in [4.78, 5) is 37.9. The number of ether oxygens (including phenoxy) is 2. The number of allylic oxidation sites excluding steroid dienone is 1. The Hall–Kier alpha value is -3.50. The van der Waals surface area contributed by atoms with Gasteiger partial charge in [-0.2, -0.15) is 18.4 Å². The molecule has 2 atom stereocenters. The lowest BCUT2D eigenvalue weighted by molar-refractivity contribution is -0.150. The van der Waals surface area contributed by atoms with E-state index in [1.807, 2.05) is 6.07 Å². The molecule has 194 valence electrons. The molecule has 3 rings (SSSR count). The van der Waals surface area contributed by atoms with Crippen molar-refractivity contribution in [3.8, 4) is 11.8 Å². The van der Waals surface area contributed by atoms with Crippen LogP contribution < -0.4 is 15.4 Å². The van der Waals surface area contributed by atoms with Gasteiger partial charge in [-0.1, -0.05) is 23.9 Å². The molecule has 0 aliphatic carbocycles. The summed E-state index contributed by atoms with van der Waals surface area (Å²) in [6, 6.07) is 11.0. The zero-order valence-corrected chi connectivity index (χ0v) is 21.7. The number of amides is 2. The van der Waals surface area contributed by atoms with Crippen LogP contribution in [-0.2, 0) is 25.3 Å². The van der Waals surface area contributed by atoms with Gasteiger partial charge in [-0.25, -0.2) is 0 Å². The first-order valence-corrected chi connectivity index (χ1v) is 12.2. The van der Waals surface area contributed by atoms with Crippen molar-refractivity contribution in [2.24, 2.45) is 5.92 Å². The quantitative estimate of drug-likeness (QED) is 0.354. The van der Waals surface area contributed by atoms with Crippen molar-refractivity contribution in [2.45, 2.75) is 12.1 Å². The molecule has 2 aromatic rings. The van der Waals surface area contributed by atoms with Crippen LogP contribution in [0.25, 0.3) is 0 Å². The summed E-state index contributed by atoms with van der Waals surface area (Å²) in [5, 5.41) is 14.9. The van der Waals surface area contributed by atoms with Crippen molar-refractivity contribution < 1.29 is 37.0 Å². The van der Waals surface area contributed by atoms with Gasteiger partial charge in [0.15, 0.2) is 0 Å². The first-order chi connectivity index (χ1) is 17.5. The first kappa shape index (κ1) is 28.1. The number of carbonyl (C=O) groups excluding carboxylic acids is 3. The lowest BCUT2D eigenvalue weighted by atomic mass is 9.78. The summed E-state index contributed by atoms with van der Waals surface area (Å²) in [7, 11) is 2.58. The van der Waals surface area contributed by atoms with Crippen LogP contribution in [0.15, 0.2) is 57.5 Å². The van der Waals surface area contributed by atoms with Crippen LogP contribution in [0.4, 0.5) is 18.9 Å². The van der Waals surface area contributed by atoms with Gasteiger partial charge in [-0.3, -0.25) is 14.4 Å². The van der Waals surface area contributed by atoms with Crippen LogP contribution in [0.3, 0.4) is 0 Å².